The summed E-state index contributed by atoms with van der Waals surface area (Å²) < 4.78 is 0. The van der Waals surface area contributed by atoms with Gasteiger partial charge >= 0.3 is 0 Å². The standard InChI is InChI=1S/2C19H28O2/c2*1-18-9-7-13(20)11-12(18)3-4-14-15-5-6-17(21)19(15,2)10-8-16(14)18/h2*12,14-16H,3-11H2,1-2H3/t12?,14-,15-,16-,18-,19-;12-,14-,15-,16-,18-,19-/m00/s1. The maximum Gasteiger partial charge on any atom is 0.139 e. The van der Waals surface area contributed by atoms with Crippen molar-refractivity contribution in [2.45, 2.75) is 143 Å². The molecule has 4 heteroatoms. The smallest absolute Gasteiger partial charge is 0.139 e. The Labute approximate surface area is 254 Å². The van der Waals surface area contributed by atoms with Crippen LogP contribution < -0.4 is 0 Å². The van der Waals surface area contributed by atoms with E-state index in [1.54, 1.807) is 0 Å². The molecule has 0 aromatic heterocycles. The summed E-state index contributed by atoms with van der Waals surface area (Å²) >= 11 is 0. The van der Waals surface area contributed by atoms with Gasteiger partial charge in [0.15, 0.2) is 0 Å². The first-order valence-corrected chi connectivity index (χ1v) is 18.0. The van der Waals surface area contributed by atoms with Crippen LogP contribution in [0.15, 0.2) is 0 Å². The van der Waals surface area contributed by atoms with Gasteiger partial charge in [-0.2, -0.15) is 0 Å². The molecule has 8 aliphatic carbocycles. The number of ketones is 4. The number of hydrogen-bond acceptors (Lipinski definition) is 4. The van der Waals surface area contributed by atoms with Gasteiger partial charge in [-0.3, -0.25) is 19.2 Å². The molecule has 42 heavy (non-hydrogen) atoms. The summed E-state index contributed by atoms with van der Waals surface area (Å²) in [5, 5.41) is 0. The minimum Gasteiger partial charge on any atom is -0.300 e. The zero-order chi connectivity index (χ0) is 29.7. The molecule has 0 heterocycles. The van der Waals surface area contributed by atoms with Crippen LogP contribution >= 0.6 is 0 Å². The molecule has 1 unspecified atom stereocenters. The number of carbonyl (C=O) groups is 4. The van der Waals surface area contributed by atoms with Gasteiger partial charge in [-0.1, -0.05) is 27.7 Å². The van der Waals surface area contributed by atoms with Crippen molar-refractivity contribution in [1.82, 2.24) is 0 Å². The Morgan fingerprint density at radius 1 is 0.452 bits per heavy atom. The summed E-state index contributed by atoms with van der Waals surface area (Å²) in [6, 6.07) is 0. The van der Waals surface area contributed by atoms with Gasteiger partial charge in [0.05, 0.1) is 0 Å². The van der Waals surface area contributed by atoms with Crippen molar-refractivity contribution in [2.24, 2.45) is 69.0 Å². The van der Waals surface area contributed by atoms with Crippen LogP contribution in [0.3, 0.4) is 0 Å². The molecule has 8 rings (SSSR count). The molecule has 12 atom stereocenters. The van der Waals surface area contributed by atoms with Crippen molar-refractivity contribution in [2.75, 3.05) is 0 Å². The summed E-state index contributed by atoms with van der Waals surface area (Å²) in [5.74, 6) is 7.64. The summed E-state index contributed by atoms with van der Waals surface area (Å²) in [7, 11) is 0. The second-order valence-electron chi connectivity index (χ2n) is 17.6. The lowest BCUT2D eigenvalue weighted by molar-refractivity contribution is -0.145. The Balaban J connectivity index is 0.000000137. The quantitative estimate of drug-likeness (QED) is 0.291. The second kappa shape index (κ2) is 10.1. The highest BCUT2D eigenvalue weighted by Crippen LogP contribution is 2.66. The van der Waals surface area contributed by atoms with Crippen LogP contribution in [0.25, 0.3) is 0 Å². The largest absolute Gasteiger partial charge is 0.300 e. The van der Waals surface area contributed by atoms with Crippen LogP contribution in [0.5, 0.6) is 0 Å². The Bertz CT molecular complexity index is 1080. The van der Waals surface area contributed by atoms with E-state index >= 15 is 0 Å². The Hall–Kier alpha value is -1.32. The van der Waals surface area contributed by atoms with Gasteiger partial charge in [0.25, 0.3) is 0 Å². The lowest BCUT2D eigenvalue weighted by Gasteiger charge is -2.59. The maximum atomic E-state index is 12.4. The third kappa shape index (κ3) is 4.18. The zero-order valence-corrected chi connectivity index (χ0v) is 27.0. The average molecular weight is 577 g/mol. The van der Waals surface area contributed by atoms with Gasteiger partial charge in [-0.15, -0.1) is 0 Å². The molecule has 0 saturated heterocycles. The van der Waals surface area contributed by atoms with Gasteiger partial charge < -0.3 is 0 Å². The lowest BCUT2D eigenvalue weighted by Crippen LogP contribution is -2.53. The van der Waals surface area contributed by atoms with Crippen molar-refractivity contribution >= 4 is 23.1 Å². The number of Topliss-reactive ketones (excluding diaryl/α,β-unsaturated/α-hetero) is 4. The first kappa shape index (κ1) is 29.4. The first-order valence-electron chi connectivity index (χ1n) is 18.0. The lowest BCUT2D eigenvalue weighted by atomic mass is 9.45. The third-order valence-electron chi connectivity index (χ3n) is 16.4. The molecule has 0 aliphatic heterocycles. The predicted molar refractivity (Wildman–Crippen MR) is 163 cm³/mol. The number of hydrogen-bond donors (Lipinski definition) is 0. The van der Waals surface area contributed by atoms with Crippen molar-refractivity contribution in [1.29, 1.82) is 0 Å². The minimum absolute atomic E-state index is 0.00511. The van der Waals surface area contributed by atoms with Crippen molar-refractivity contribution in [3.8, 4) is 0 Å². The Kier molecular flexibility index (Phi) is 7.07. The molecular formula is C38H56O4. The molecule has 0 radical (unpaired) electrons. The second-order valence-corrected chi connectivity index (χ2v) is 17.6. The van der Waals surface area contributed by atoms with Gasteiger partial charge in [-0.05, 0) is 135 Å². The summed E-state index contributed by atoms with van der Waals surface area (Å²) in [6.07, 6.45) is 19.1. The predicted octanol–water partition coefficient (Wildman–Crippen LogP) is 8.33. The Morgan fingerprint density at radius 3 is 1.26 bits per heavy atom. The SMILES string of the molecule is C[C@]12CCC(=O)CC1CC[C@@H]1[C@@H]2CC[C@]2(C)C(=O)CC[C@@H]12.C[C@]12CCC(=O)C[C@@H]1CC[C@@H]1[C@@H]2CC[C@]2(C)C(=O)CC[C@@H]12. The van der Waals surface area contributed by atoms with E-state index in [-0.39, 0.29) is 10.8 Å². The van der Waals surface area contributed by atoms with Gasteiger partial charge in [-0.25, -0.2) is 0 Å². The van der Waals surface area contributed by atoms with E-state index in [0.29, 0.717) is 57.6 Å². The number of fused-ring (bicyclic) bond motifs is 10. The molecule has 0 amide bonds. The van der Waals surface area contributed by atoms with E-state index in [1.807, 2.05) is 0 Å². The molecule has 0 aromatic carbocycles. The molecule has 0 spiro atoms. The highest BCUT2D eigenvalue weighted by Gasteiger charge is 2.61. The molecule has 232 valence electrons. The fourth-order valence-electron chi connectivity index (χ4n) is 13.6. The van der Waals surface area contributed by atoms with Crippen LogP contribution in [-0.2, 0) is 19.2 Å². The summed E-state index contributed by atoms with van der Waals surface area (Å²) in [5.41, 5.74) is 0.747. The average Bonchev–Trinajstić information content (AvgIpc) is 3.44. The highest BCUT2D eigenvalue weighted by molar-refractivity contribution is 5.87. The van der Waals surface area contributed by atoms with E-state index in [4.69, 9.17) is 0 Å². The number of rotatable bonds is 0. The molecule has 0 bridgehead atoms. The van der Waals surface area contributed by atoms with Crippen LogP contribution in [-0.4, -0.2) is 23.1 Å². The van der Waals surface area contributed by atoms with E-state index in [1.165, 1.54) is 38.5 Å². The van der Waals surface area contributed by atoms with Crippen molar-refractivity contribution < 1.29 is 19.2 Å². The van der Waals surface area contributed by atoms with Crippen LogP contribution in [0.4, 0.5) is 0 Å². The van der Waals surface area contributed by atoms with E-state index in [0.717, 1.165) is 101 Å². The molecule has 0 aromatic rings. The molecule has 8 fully saturated rings. The molecule has 8 aliphatic rings. The first-order chi connectivity index (χ1) is 19.9. The molecule has 0 N–H and O–H groups in total. The molecular weight excluding hydrogens is 520 g/mol. The van der Waals surface area contributed by atoms with E-state index < -0.39 is 0 Å². The maximum absolute atomic E-state index is 12.4. The van der Waals surface area contributed by atoms with Gasteiger partial charge in [0.1, 0.15) is 23.1 Å². The summed E-state index contributed by atoms with van der Waals surface area (Å²) in [6.45, 7) is 9.45. The van der Waals surface area contributed by atoms with E-state index in [2.05, 4.69) is 27.7 Å². The van der Waals surface area contributed by atoms with Gasteiger partial charge in [0, 0.05) is 49.4 Å². The summed E-state index contributed by atoms with van der Waals surface area (Å²) in [4.78, 5) is 48.4. The monoisotopic (exact) mass is 576 g/mol. The van der Waals surface area contributed by atoms with Crippen molar-refractivity contribution in [3.63, 3.8) is 0 Å². The third-order valence-corrected chi connectivity index (χ3v) is 16.4. The minimum atomic E-state index is -0.00511. The fraction of sp³-hybridized carbons (Fsp3) is 0.895. The Morgan fingerprint density at radius 2 is 0.857 bits per heavy atom. The normalized spacial score (nSPS) is 53.0. The highest BCUT2D eigenvalue weighted by atomic mass is 16.1. The van der Waals surface area contributed by atoms with Crippen LogP contribution in [0.2, 0.25) is 0 Å². The van der Waals surface area contributed by atoms with E-state index in [9.17, 15) is 19.2 Å². The van der Waals surface area contributed by atoms with Crippen LogP contribution in [0.1, 0.15) is 143 Å². The topological polar surface area (TPSA) is 68.3 Å². The fourth-order valence-corrected chi connectivity index (χ4v) is 13.6. The molecule has 8 saturated carbocycles. The number of carbonyl (C=O) groups excluding carboxylic acids is 4. The van der Waals surface area contributed by atoms with Crippen LogP contribution in [0, 0.1) is 69.0 Å². The molecule has 4 nitrogen and oxygen atoms in total. The zero-order valence-electron chi connectivity index (χ0n) is 27.0. The van der Waals surface area contributed by atoms with Gasteiger partial charge in [0.2, 0.25) is 0 Å². The van der Waals surface area contributed by atoms with Crippen molar-refractivity contribution in [3.05, 3.63) is 0 Å².